The molecule has 0 bridgehead atoms. The van der Waals surface area contributed by atoms with Crippen molar-refractivity contribution in [1.29, 1.82) is 0 Å². The lowest BCUT2D eigenvalue weighted by atomic mass is 10.0. The van der Waals surface area contributed by atoms with E-state index in [1.165, 1.54) is 0 Å². The summed E-state index contributed by atoms with van der Waals surface area (Å²) in [6, 6.07) is 11.9. The van der Waals surface area contributed by atoms with E-state index in [-0.39, 0.29) is 36.2 Å². The largest absolute Gasteiger partial charge is 0.333 e. The number of hydrogen-bond acceptors (Lipinski definition) is 3. The van der Waals surface area contributed by atoms with Gasteiger partial charge >= 0.3 is 0 Å². The molecule has 1 saturated heterocycles. The molecule has 4 nitrogen and oxygen atoms in total. The van der Waals surface area contributed by atoms with Crippen LogP contribution in [0.3, 0.4) is 0 Å². The lowest BCUT2D eigenvalue weighted by Gasteiger charge is -2.36. The van der Waals surface area contributed by atoms with Crippen molar-refractivity contribution in [3.8, 4) is 0 Å². The van der Waals surface area contributed by atoms with E-state index in [0.717, 1.165) is 42.2 Å². The van der Waals surface area contributed by atoms with Crippen molar-refractivity contribution in [2.75, 3.05) is 19.6 Å². The molecular weight excluding hydrogens is 357 g/mol. The Bertz CT molecular complexity index is 740. The number of rotatable bonds is 3. The van der Waals surface area contributed by atoms with Crippen LogP contribution >= 0.6 is 24.0 Å². The van der Waals surface area contributed by atoms with Crippen LogP contribution in [0.2, 0.25) is 5.02 Å². The molecule has 1 aliphatic carbocycles. The van der Waals surface area contributed by atoms with Crippen LogP contribution in [0.15, 0.2) is 48.8 Å². The number of benzene rings is 1. The molecule has 1 amide bonds. The molecule has 3 atom stereocenters. The van der Waals surface area contributed by atoms with E-state index in [1.807, 2.05) is 47.5 Å². The van der Waals surface area contributed by atoms with Gasteiger partial charge in [0.2, 0.25) is 5.91 Å². The lowest BCUT2D eigenvalue weighted by molar-refractivity contribution is -0.136. The fraction of sp³-hybridized carbons (Fsp3) is 0.368. The number of carbonyl (C=O) groups excluding carboxylic acids is 1. The number of halogens is 2. The first-order chi connectivity index (χ1) is 11.8. The molecule has 1 aliphatic heterocycles. The number of aromatic nitrogens is 1. The number of nitrogens with zero attached hydrogens (tertiary/aromatic N) is 2. The molecule has 132 valence electrons. The maximum absolute atomic E-state index is 13.1. The zero-order chi connectivity index (χ0) is 16.5. The Morgan fingerprint density at radius 1 is 1.24 bits per heavy atom. The second-order valence-electron chi connectivity index (χ2n) is 6.51. The van der Waals surface area contributed by atoms with Crippen molar-refractivity contribution < 1.29 is 4.79 Å². The summed E-state index contributed by atoms with van der Waals surface area (Å²) in [7, 11) is 0. The Morgan fingerprint density at radius 3 is 2.84 bits per heavy atom. The molecule has 25 heavy (non-hydrogen) atoms. The minimum absolute atomic E-state index is 0. The highest BCUT2D eigenvalue weighted by molar-refractivity contribution is 6.31. The second kappa shape index (κ2) is 7.73. The van der Waals surface area contributed by atoms with Gasteiger partial charge in [0, 0.05) is 43.0 Å². The van der Waals surface area contributed by atoms with Gasteiger partial charge in [0.05, 0.1) is 6.04 Å². The predicted octanol–water partition coefficient (Wildman–Crippen LogP) is 3.43. The highest BCUT2D eigenvalue weighted by Crippen LogP contribution is 2.51. The Morgan fingerprint density at radius 2 is 2.08 bits per heavy atom. The minimum Gasteiger partial charge on any atom is -0.333 e. The summed E-state index contributed by atoms with van der Waals surface area (Å²) in [4.78, 5) is 19.3. The van der Waals surface area contributed by atoms with Crippen molar-refractivity contribution in [2.45, 2.75) is 18.4 Å². The van der Waals surface area contributed by atoms with Gasteiger partial charge in [0.25, 0.3) is 0 Å². The molecule has 1 N–H and O–H groups in total. The van der Waals surface area contributed by atoms with E-state index < -0.39 is 0 Å². The third kappa shape index (κ3) is 3.66. The zero-order valence-corrected chi connectivity index (χ0v) is 15.3. The first kappa shape index (κ1) is 18.2. The Hall–Kier alpha value is -1.62. The third-order valence-corrected chi connectivity index (χ3v) is 5.35. The van der Waals surface area contributed by atoms with Crippen LogP contribution < -0.4 is 5.32 Å². The Labute approximate surface area is 159 Å². The number of carbonyl (C=O) groups is 1. The SMILES string of the molecule is Cl.O=C(C1CC1c1ccccc1Cl)N1CCNCC1c1cccnc1. The average Bonchev–Trinajstić information content (AvgIpc) is 3.43. The summed E-state index contributed by atoms with van der Waals surface area (Å²) < 4.78 is 0. The molecule has 2 aromatic rings. The summed E-state index contributed by atoms with van der Waals surface area (Å²) in [5, 5.41) is 4.15. The van der Waals surface area contributed by atoms with Crippen LogP contribution in [0.4, 0.5) is 0 Å². The van der Waals surface area contributed by atoms with E-state index in [9.17, 15) is 4.79 Å². The summed E-state index contributed by atoms with van der Waals surface area (Å²) in [5.41, 5.74) is 2.19. The van der Waals surface area contributed by atoms with Crippen molar-refractivity contribution in [2.24, 2.45) is 5.92 Å². The van der Waals surface area contributed by atoms with Gasteiger partial charge in [-0.3, -0.25) is 9.78 Å². The van der Waals surface area contributed by atoms with Crippen LogP contribution in [0.1, 0.15) is 29.5 Å². The van der Waals surface area contributed by atoms with Gasteiger partial charge in [0.1, 0.15) is 0 Å². The smallest absolute Gasteiger partial charge is 0.226 e. The fourth-order valence-corrected chi connectivity index (χ4v) is 3.92. The summed E-state index contributed by atoms with van der Waals surface area (Å²) in [5.74, 6) is 0.563. The monoisotopic (exact) mass is 377 g/mol. The van der Waals surface area contributed by atoms with Gasteiger partial charge in [-0.15, -0.1) is 12.4 Å². The van der Waals surface area contributed by atoms with Crippen molar-refractivity contribution in [3.63, 3.8) is 0 Å². The van der Waals surface area contributed by atoms with Crippen LogP contribution in [0, 0.1) is 5.92 Å². The summed E-state index contributed by atoms with van der Waals surface area (Å²) >= 11 is 6.30. The topological polar surface area (TPSA) is 45.2 Å². The Kier molecular flexibility index (Phi) is 5.62. The van der Waals surface area contributed by atoms with Crippen LogP contribution in [-0.4, -0.2) is 35.4 Å². The number of pyridine rings is 1. The first-order valence-corrected chi connectivity index (χ1v) is 8.79. The van der Waals surface area contributed by atoms with Gasteiger partial charge < -0.3 is 10.2 Å². The highest BCUT2D eigenvalue weighted by atomic mass is 35.5. The van der Waals surface area contributed by atoms with Crippen molar-refractivity contribution in [1.82, 2.24) is 15.2 Å². The molecule has 1 aromatic carbocycles. The Balaban J connectivity index is 0.00000182. The van der Waals surface area contributed by atoms with E-state index in [1.54, 1.807) is 6.20 Å². The van der Waals surface area contributed by atoms with Gasteiger partial charge in [-0.25, -0.2) is 0 Å². The molecule has 0 radical (unpaired) electrons. The molecule has 6 heteroatoms. The number of nitrogens with one attached hydrogen (secondary N) is 1. The van der Waals surface area contributed by atoms with E-state index in [2.05, 4.69) is 10.3 Å². The van der Waals surface area contributed by atoms with Crippen molar-refractivity contribution in [3.05, 3.63) is 64.9 Å². The number of hydrogen-bond donors (Lipinski definition) is 1. The molecule has 0 spiro atoms. The van der Waals surface area contributed by atoms with Crippen LogP contribution in [0.5, 0.6) is 0 Å². The fourth-order valence-electron chi connectivity index (χ4n) is 3.64. The molecular formula is C19H21Cl2N3O. The number of amides is 1. The lowest BCUT2D eigenvalue weighted by Crippen LogP contribution is -2.49. The van der Waals surface area contributed by atoms with Crippen molar-refractivity contribution >= 4 is 29.9 Å². The second-order valence-corrected chi connectivity index (χ2v) is 6.92. The van der Waals surface area contributed by atoms with Crippen LogP contribution in [0.25, 0.3) is 0 Å². The molecule has 1 aromatic heterocycles. The molecule has 2 heterocycles. The standard InChI is InChI=1S/C19H20ClN3O.ClH/c20-17-6-2-1-5-14(17)15-10-16(15)19(24)23-9-8-22-12-18(23)13-4-3-7-21-11-13;/h1-7,11,15-16,18,22H,8-10,12H2;1H. The molecule has 2 aliphatic rings. The van der Waals surface area contributed by atoms with Gasteiger partial charge in [0.15, 0.2) is 0 Å². The minimum atomic E-state index is 0. The maximum atomic E-state index is 13.1. The van der Waals surface area contributed by atoms with E-state index in [0.29, 0.717) is 0 Å². The summed E-state index contributed by atoms with van der Waals surface area (Å²) in [6.07, 6.45) is 4.52. The van der Waals surface area contributed by atoms with Gasteiger partial charge in [-0.05, 0) is 35.6 Å². The molecule has 1 saturated carbocycles. The molecule has 3 unspecified atom stereocenters. The van der Waals surface area contributed by atoms with Gasteiger partial charge in [-0.2, -0.15) is 0 Å². The third-order valence-electron chi connectivity index (χ3n) is 5.01. The van der Waals surface area contributed by atoms with Gasteiger partial charge in [-0.1, -0.05) is 35.9 Å². The highest BCUT2D eigenvalue weighted by Gasteiger charge is 2.48. The first-order valence-electron chi connectivity index (χ1n) is 8.41. The van der Waals surface area contributed by atoms with E-state index >= 15 is 0 Å². The van der Waals surface area contributed by atoms with E-state index in [4.69, 9.17) is 11.6 Å². The maximum Gasteiger partial charge on any atom is 0.226 e. The molecule has 4 rings (SSSR count). The quantitative estimate of drug-likeness (QED) is 0.890. The normalized spacial score (nSPS) is 25.2. The zero-order valence-electron chi connectivity index (χ0n) is 13.8. The summed E-state index contributed by atoms with van der Waals surface area (Å²) in [6.45, 7) is 2.36. The predicted molar refractivity (Wildman–Crippen MR) is 101 cm³/mol. The molecule has 2 fully saturated rings. The number of piperazine rings is 1. The van der Waals surface area contributed by atoms with Crippen LogP contribution in [-0.2, 0) is 4.79 Å². The average molecular weight is 378 g/mol.